The van der Waals surface area contributed by atoms with E-state index in [1.807, 2.05) is 50.2 Å². The number of piperidine rings is 1. The summed E-state index contributed by atoms with van der Waals surface area (Å²) in [5, 5.41) is 2.97. The Morgan fingerprint density at radius 2 is 2.00 bits per heavy atom. The van der Waals surface area contributed by atoms with Crippen LogP contribution in [0.5, 0.6) is 0 Å². The second kappa shape index (κ2) is 8.17. The quantitative estimate of drug-likeness (QED) is 0.895. The van der Waals surface area contributed by atoms with E-state index >= 15 is 0 Å². The normalized spacial score (nSPS) is 14.2. The van der Waals surface area contributed by atoms with Gasteiger partial charge in [-0.1, -0.05) is 29.8 Å². The van der Waals surface area contributed by atoms with E-state index in [4.69, 9.17) is 4.98 Å². The lowest BCUT2D eigenvalue weighted by molar-refractivity contribution is -0.115. The lowest BCUT2D eigenvalue weighted by atomic mass is 10.1. The van der Waals surface area contributed by atoms with Crippen molar-refractivity contribution >= 4 is 23.4 Å². The topological polar surface area (TPSA) is 61.4 Å². The molecule has 1 saturated heterocycles. The molecule has 0 aliphatic carbocycles. The highest BCUT2D eigenvalue weighted by Gasteiger charge is 2.17. The van der Waals surface area contributed by atoms with Gasteiger partial charge in [0, 0.05) is 27.2 Å². The molecule has 0 unspecified atom stereocenters. The Morgan fingerprint density at radius 1 is 1.23 bits per heavy atom. The first-order valence-electron chi connectivity index (χ1n) is 9.17. The number of nitrogens with zero attached hydrogens (tertiary/aromatic N) is 4. The summed E-state index contributed by atoms with van der Waals surface area (Å²) in [5.74, 6) is 1.41. The van der Waals surface area contributed by atoms with Crippen molar-refractivity contribution in [2.45, 2.75) is 32.6 Å². The molecule has 1 aromatic carbocycles. The zero-order chi connectivity index (χ0) is 18.5. The molecule has 2 heterocycles. The van der Waals surface area contributed by atoms with Crippen molar-refractivity contribution in [1.29, 1.82) is 0 Å². The Labute approximate surface area is 155 Å². The van der Waals surface area contributed by atoms with Gasteiger partial charge in [0.15, 0.2) is 5.82 Å². The van der Waals surface area contributed by atoms with Gasteiger partial charge in [-0.2, -0.15) is 4.98 Å². The Morgan fingerprint density at radius 3 is 2.69 bits per heavy atom. The van der Waals surface area contributed by atoms with Crippen LogP contribution in [0.1, 0.15) is 30.4 Å². The van der Waals surface area contributed by atoms with Gasteiger partial charge in [-0.3, -0.25) is 4.79 Å². The van der Waals surface area contributed by atoms with Gasteiger partial charge in [0.25, 0.3) is 0 Å². The van der Waals surface area contributed by atoms with Gasteiger partial charge < -0.3 is 15.1 Å². The molecule has 0 radical (unpaired) electrons. The van der Waals surface area contributed by atoms with Crippen molar-refractivity contribution in [2.75, 3.05) is 42.3 Å². The van der Waals surface area contributed by atoms with Crippen molar-refractivity contribution in [1.82, 2.24) is 9.97 Å². The molecule has 3 rings (SSSR count). The van der Waals surface area contributed by atoms with Crippen molar-refractivity contribution in [3.8, 4) is 0 Å². The van der Waals surface area contributed by atoms with Crippen LogP contribution in [0, 0.1) is 6.92 Å². The number of hydrogen-bond acceptors (Lipinski definition) is 5. The molecule has 6 heteroatoms. The molecular formula is C20H27N5O. The van der Waals surface area contributed by atoms with Crippen LogP contribution < -0.4 is 15.1 Å². The number of amides is 1. The molecule has 1 fully saturated rings. The summed E-state index contributed by atoms with van der Waals surface area (Å²) in [4.78, 5) is 25.8. The smallest absolute Gasteiger partial charge is 0.228 e. The lowest BCUT2D eigenvalue weighted by Crippen LogP contribution is -2.31. The largest absolute Gasteiger partial charge is 0.361 e. The highest BCUT2D eigenvalue weighted by atomic mass is 16.1. The second-order valence-electron chi connectivity index (χ2n) is 7.06. The molecular weight excluding hydrogens is 326 g/mol. The van der Waals surface area contributed by atoms with Gasteiger partial charge in [0.1, 0.15) is 5.69 Å². The van der Waals surface area contributed by atoms with Crippen LogP contribution in [0.3, 0.4) is 0 Å². The molecule has 0 atom stereocenters. The molecule has 0 spiro atoms. The van der Waals surface area contributed by atoms with E-state index in [1.165, 1.54) is 19.3 Å². The second-order valence-corrected chi connectivity index (χ2v) is 7.06. The fourth-order valence-corrected chi connectivity index (χ4v) is 3.24. The third-order valence-electron chi connectivity index (χ3n) is 4.54. The van der Waals surface area contributed by atoms with Crippen LogP contribution in [-0.2, 0) is 11.2 Å². The van der Waals surface area contributed by atoms with Crippen molar-refractivity contribution < 1.29 is 4.79 Å². The molecule has 0 bridgehead atoms. The minimum atomic E-state index is -0.0620. The highest BCUT2D eigenvalue weighted by Crippen LogP contribution is 2.25. The fourth-order valence-electron chi connectivity index (χ4n) is 3.24. The maximum atomic E-state index is 12.5. The molecule has 138 valence electrons. The molecule has 1 amide bonds. The summed E-state index contributed by atoms with van der Waals surface area (Å²) in [6.45, 7) is 4.01. The van der Waals surface area contributed by atoms with E-state index in [2.05, 4.69) is 15.2 Å². The molecule has 2 aromatic rings. The Bertz CT molecular complexity index is 769. The van der Waals surface area contributed by atoms with Crippen molar-refractivity contribution in [3.05, 3.63) is 41.6 Å². The summed E-state index contributed by atoms with van der Waals surface area (Å²) >= 11 is 0. The Kier molecular flexibility index (Phi) is 5.71. The molecule has 26 heavy (non-hydrogen) atoms. The van der Waals surface area contributed by atoms with Crippen LogP contribution >= 0.6 is 0 Å². The van der Waals surface area contributed by atoms with Gasteiger partial charge in [-0.25, -0.2) is 4.98 Å². The first-order valence-corrected chi connectivity index (χ1v) is 9.17. The highest BCUT2D eigenvalue weighted by molar-refractivity contribution is 5.94. The number of hydrogen-bond donors (Lipinski definition) is 1. The minimum Gasteiger partial charge on any atom is -0.361 e. The predicted octanol–water partition coefficient (Wildman–Crippen LogP) is 3.02. The molecule has 1 aromatic heterocycles. The van der Waals surface area contributed by atoms with E-state index in [0.717, 1.165) is 36.0 Å². The number of carbonyl (C=O) groups is 1. The van der Waals surface area contributed by atoms with Crippen molar-refractivity contribution in [3.63, 3.8) is 0 Å². The van der Waals surface area contributed by atoms with E-state index in [1.54, 1.807) is 6.20 Å². The van der Waals surface area contributed by atoms with Crippen molar-refractivity contribution in [2.24, 2.45) is 0 Å². The first kappa shape index (κ1) is 18.2. The molecule has 6 nitrogen and oxygen atoms in total. The monoisotopic (exact) mass is 353 g/mol. The van der Waals surface area contributed by atoms with E-state index < -0.39 is 0 Å². The zero-order valence-electron chi connectivity index (χ0n) is 15.8. The molecule has 0 saturated carbocycles. The third-order valence-corrected chi connectivity index (χ3v) is 4.54. The van der Waals surface area contributed by atoms with Crippen LogP contribution in [-0.4, -0.2) is 43.1 Å². The average molecular weight is 353 g/mol. The molecule has 1 aliphatic heterocycles. The summed E-state index contributed by atoms with van der Waals surface area (Å²) < 4.78 is 0. The predicted molar refractivity (Wildman–Crippen MR) is 106 cm³/mol. The van der Waals surface area contributed by atoms with Crippen LogP contribution in [0.25, 0.3) is 0 Å². The number of carbonyl (C=O) groups excluding carboxylic acids is 1. The third kappa shape index (κ3) is 4.50. The maximum absolute atomic E-state index is 12.5. The van der Waals surface area contributed by atoms with Gasteiger partial charge in [0.2, 0.25) is 11.9 Å². The van der Waals surface area contributed by atoms with Crippen LogP contribution in [0.2, 0.25) is 0 Å². The summed E-state index contributed by atoms with van der Waals surface area (Å²) in [6, 6.07) is 8.00. The van der Waals surface area contributed by atoms with Gasteiger partial charge in [0.05, 0.1) is 12.6 Å². The van der Waals surface area contributed by atoms with E-state index in [-0.39, 0.29) is 5.91 Å². The summed E-state index contributed by atoms with van der Waals surface area (Å²) in [5.41, 5.74) is 2.80. The van der Waals surface area contributed by atoms with Crippen LogP contribution in [0.4, 0.5) is 17.5 Å². The standard InChI is InChI=1S/C20H27N5O/c1-15-8-7-9-16(12-15)13-18(26)22-17-14-21-20(23-19(17)24(2)3)25-10-5-4-6-11-25/h7-9,12,14H,4-6,10-11,13H2,1-3H3,(H,22,26). The number of aromatic nitrogens is 2. The van der Waals surface area contributed by atoms with E-state index in [0.29, 0.717) is 12.1 Å². The average Bonchev–Trinajstić information content (AvgIpc) is 2.62. The zero-order valence-corrected chi connectivity index (χ0v) is 15.8. The Hall–Kier alpha value is -2.63. The SMILES string of the molecule is Cc1cccc(CC(=O)Nc2cnc(N3CCCCC3)nc2N(C)C)c1. The lowest BCUT2D eigenvalue weighted by Gasteiger charge is -2.28. The minimum absolute atomic E-state index is 0.0620. The van der Waals surface area contributed by atoms with Gasteiger partial charge in [-0.05, 0) is 31.7 Å². The molecule has 1 N–H and O–H groups in total. The van der Waals surface area contributed by atoms with Crippen LogP contribution in [0.15, 0.2) is 30.5 Å². The maximum Gasteiger partial charge on any atom is 0.228 e. The van der Waals surface area contributed by atoms with Gasteiger partial charge in [-0.15, -0.1) is 0 Å². The van der Waals surface area contributed by atoms with E-state index in [9.17, 15) is 4.79 Å². The number of anilines is 3. The number of benzene rings is 1. The fraction of sp³-hybridized carbons (Fsp3) is 0.450. The summed E-state index contributed by atoms with van der Waals surface area (Å²) in [6.07, 6.45) is 5.68. The number of nitrogens with one attached hydrogen (secondary N) is 1. The Balaban J connectivity index is 1.74. The number of aryl methyl sites for hydroxylation is 1. The number of rotatable bonds is 5. The van der Waals surface area contributed by atoms with Gasteiger partial charge >= 0.3 is 0 Å². The summed E-state index contributed by atoms with van der Waals surface area (Å²) in [7, 11) is 3.86. The first-order chi connectivity index (χ1) is 12.5. The molecule has 1 aliphatic rings.